The second-order valence-corrected chi connectivity index (χ2v) is 8.57. The van der Waals surface area contributed by atoms with Crippen LogP contribution in [0.4, 0.5) is 10.1 Å². The maximum Gasteiger partial charge on any atom is 0.259 e. The number of hydrogen-bond acceptors (Lipinski definition) is 4. The number of amides is 2. The first-order valence-corrected chi connectivity index (χ1v) is 11.2. The predicted octanol–water partition coefficient (Wildman–Crippen LogP) is 3.85. The van der Waals surface area contributed by atoms with Crippen LogP contribution in [-0.2, 0) is 14.0 Å². The molecule has 1 saturated heterocycles. The van der Waals surface area contributed by atoms with E-state index in [2.05, 4.69) is 34.0 Å². The molecule has 0 radical (unpaired) electrons. The monoisotopic (exact) mass is 538 g/mol. The number of halogens is 2. The van der Waals surface area contributed by atoms with Crippen molar-refractivity contribution in [3.63, 3.8) is 0 Å². The fourth-order valence-corrected chi connectivity index (χ4v) is 4.84. The fourth-order valence-electron chi connectivity index (χ4n) is 3.67. The Hall–Kier alpha value is -2.32. The van der Waals surface area contributed by atoms with Gasteiger partial charge < -0.3 is 10.2 Å². The number of benzene rings is 1. The number of nitrogens with zero attached hydrogens (tertiary/aromatic N) is 3. The third-order valence-electron chi connectivity index (χ3n) is 5.28. The minimum atomic E-state index is -1.02. The Balaban J connectivity index is 2.03. The average Bonchev–Trinajstić information content (AvgIpc) is 2.90. The lowest BCUT2D eigenvalue weighted by Crippen LogP contribution is -2.44. The Morgan fingerprint density at radius 2 is 2.10 bits per heavy atom. The molecule has 0 spiro atoms. The molecule has 1 aromatic carbocycles. The molecule has 1 fully saturated rings. The van der Waals surface area contributed by atoms with Gasteiger partial charge in [-0.2, -0.15) is 5.26 Å². The van der Waals surface area contributed by atoms with Gasteiger partial charge in [0.1, 0.15) is 11.4 Å². The quantitative estimate of drug-likeness (QED) is 0.358. The van der Waals surface area contributed by atoms with E-state index >= 15 is 0 Å². The first kappa shape index (κ1) is 22.4. The van der Waals surface area contributed by atoms with E-state index in [9.17, 15) is 19.2 Å². The Bertz CT molecular complexity index is 1060. The Morgan fingerprint density at radius 3 is 2.67 bits per heavy atom. The van der Waals surface area contributed by atoms with Crippen LogP contribution in [0.5, 0.6) is 0 Å². The van der Waals surface area contributed by atoms with Crippen molar-refractivity contribution in [2.24, 2.45) is 0 Å². The van der Waals surface area contributed by atoms with Crippen molar-refractivity contribution in [3.8, 4) is 6.07 Å². The van der Waals surface area contributed by atoms with Gasteiger partial charge in [0.25, 0.3) is 5.91 Å². The van der Waals surface area contributed by atoms with Gasteiger partial charge >= 0.3 is 0 Å². The van der Waals surface area contributed by atoms with Gasteiger partial charge in [-0.05, 0) is 68.7 Å². The Morgan fingerprint density at radius 1 is 1.40 bits per heavy atom. The van der Waals surface area contributed by atoms with E-state index in [4.69, 9.17) is 12.2 Å². The first-order chi connectivity index (χ1) is 14.2. The van der Waals surface area contributed by atoms with Crippen LogP contribution in [0, 0.1) is 11.3 Å². The van der Waals surface area contributed by atoms with Crippen molar-refractivity contribution >= 4 is 57.4 Å². The van der Waals surface area contributed by atoms with E-state index in [-0.39, 0.29) is 23.0 Å². The summed E-state index contributed by atoms with van der Waals surface area (Å²) in [6, 6.07) is 7.30. The number of thiocarbonyl (C=S) groups is 1. The second-order valence-electron chi connectivity index (χ2n) is 7.45. The van der Waals surface area contributed by atoms with Gasteiger partial charge in [-0.1, -0.05) is 22.6 Å². The predicted molar refractivity (Wildman–Crippen MR) is 124 cm³/mol. The third kappa shape index (κ3) is 3.63. The molecule has 0 saturated carbocycles. The van der Waals surface area contributed by atoms with Crippen LogP contribution in [0.3, 0.4) is 0 Å². The first-order valence-electron chi connectivity index (χ1n) is 9.26. The van der Waals surface area contributed by atoms with Crippen LogP contribution in [0.15, 0.2) is 41.4 Å². The summed E-state index contributed by atoms with van der Waals surface area (Å²) >= 11 is 7.80. The molecule has 0 aromatic heterocycles. The lowest BCUT2D eigenvalue weighted by atomic mass is 9.96. The van der Waals surface area contributed by atoms with Gasteiger partial charge in [0.15, 0.2) is 5.11 Å². The highest BCUT2D eigenvalue weighted by Crippen LogP contribution is 2.39. The fraction of sp³-hybridized carbons (Fsp3) is 0.333. The summed E-state index contributed by atoms with van der Waals surface area (Å²) in [7, 11) is 1.46. The number of rotatable bonds is 4. The van der Waals surface area contributed by atoms with Crippen molar-refractivity contribution in [3.05, 3.63) is 52.5 Å². The standard InChI is InChI=1S/C21H20FIN4O2S/c1-21(2)19(29)26(14-5-4-12(11-24)13(8-14)10-23)20(30)27(21)15-6-7-16(17(22)9-15)18(28)25-3/h4-5,8-9H,6-7,10H2,1-3H3,(H,25,28). The Kier molecular flexibility index (Phi) is 6.29. The lowest BCUT2D eigenvalue weighted by molar-refractivity contribution is -0.123. The molecule has 30 heavy (non-hydrogen) atoms. The molecule has 2 amide bonds. The maximum absolute atomic E-state index is 14.6. The molecular weight excluding hydrogens is 518 g/mol. The van der Waals surface area contributed by atoms with Crippen molar-refractivity contribution in [1.29, 1.82) is 5.26 Å². The van der Waals surface area contributed by atoms with E-state index in [0.29, 0.717) is 27.8 Å². The minimum Gasteiger partial charge on any atom is -0.355 e. The number of anilines is 1. The zero-order chi connectivity index (χ0) is 22.2. The average molecular weight is 538 g/mol. The van der Waals surface area contributed by atoms with E-state index in [1.54, 1.807) is 36.9 Å². The number of carbonyl (C=O) groups is 2. The molecule has 156 valence electrons. The van der Waals surface area contributed by atoms with E-state index in [1.165, 1.54) is 18.0 Å². The largest absolute Gasteiger partial charge is 0.355 e. The highest BCUT2D eigenvalue weighted by Gasteiger charge is 2.51. The van der Waals surface area contributed by atoms with Crippen molar-refractivity contribution < 1.29 is 14.0 Å². The molecule has 1 heterocycles. The summed E-state index contributed by atoms with van der Waals surface area (Å²) in [4.78, 5) is 28.2. The normalized spacial score (nSPS) is 18.5. The molecule has 9 heteroatoms. The van der Waals surface area contributed by atoms with Crippen LogP contribution in [0.25, 0.3) is 0 Å². The molecule has 0 bridgehead atoms. The second kappa shape index (κ2) is 8.43. The van der Waals surface area contributed by atoms with Gasteiger partial charge in [0, 0.05) is 17.2 Å². The number of nitrogens with one attached hydrogen (secondary N) is 1. The number of allylic oxidation sites excluding steroid dienone is 3. The summed E-state index contributed by atoms with van der Waals surface area (Å²) in [5.41, 5.74) is 1.55. The van der Waals surface area contributed by atoms with Gasteiger partial charge in [0.05, 0.1) is 22.9 Å². The summed E-state index contributed by atoms with van der Waals surface area (Å²) in [5, 5.41) is 12.0. The van der Waals surface area contributed by atoms with Crippen LogP contribution >= 0.6 is 34.8 Å². The van der Waals surface area contributed by atoms with Crippen LogP contribution in [0.1, 0.15) is 37.8 Å². The van der Waals surface area contributed by atoms with Gasteiger partial charge in [-0.15, -0.1) is 0 Å². The molecule has 1 aromatic rings. The van der Waals surface area contributed by atoms with Gasteiger partial charge in [0.2, 0.25) is 5.91 Å². The van der Waals surface area contributed by atoms with E-state index in [1.807, 2.05) is 0 Å². The number of nitriles is 1. The smallest absolute Gasteiger partial charge is 0.259 e. The molecule has 0 atom stereocenters. The zero-order valence-corrected chi connectivity index (χ0v) is 19.7. The number of carbonyl (C=O) groups excluding carboxylic acids is 2. The summed E-state index contributed by atoms with van der Waals surface area (Å²) < 4.78 is 15.2. The molecule has 1 aliphatic heterocycles. The molecule has 1 aliphatic carbocycles. The van der Waals surface area contributed by atoms with E-state index in [0.717, 1.165) is 5.56 Å². The van der Waals surface area contributed by atoms with Gasteiger partial charge in [-0.3, -0.25) is 14.5 Å². The third-order valence-corrected chi connectivity index (χ3v) is 6.47. The van der Waals surface area contributed by atoms with E-state index < -0.39 is 17.3 Å². The highest BCUT2D eigenvalue weighted by molar-refractivity contribution is 14.1. The molecule has 0 unspecified atom stereocenters. The SMILES string of the molecule is CNC(=O)C1=C(F)C=C(N2C(=S)N(c3ccc(C#N)c(CI)c3)C(=O)C2(C)C)CC1. The van der Waals surface area contributed by atoms with Crippen LogP contribution in [0.2, 0.25) is 0 Å². The summed E-state index contributed by atoms with van der Waals surface area (Å²) in [6.07, 6.45) is 1.89. The highest BCUT2D eigenvalue weighted by atomic mass is 127. The summed E-state index contributed by atoms with van der Waals surface area (Å²) in [5.74, 6) is -1.31. The zero-order valence-electron chi connectivity index (χ0n) is 16.8. The molecular formula is C21H20FIN4O2S. The Labute approximate surface area is 193 Å². The minimum absolute atomic E-state index is 0.0890. The number of likely N-dealkylation sites (N-methyl/N-ethyl adjacent to an activating group) is 1. The molecule has 2 aliphatic rings. The van der Waals surface area contributed by atoms with Crippen molar-refractivity contribution in [1.82, 2.24) is 10.2 Å². The number of hydrogen-bond donors (Lipinski definition) is 1. The van der Waals surface area contributed by atoms with Gasteiger partial charge in [-0.25, -0.2) is 4.39 Å². The maximum atomic E-state index is 14.6. The van der Waals surface area contributed by atoms with Crippen LogP contribution < -0.4 is 10.2 Å². The lowest BCUT2D eigenvalue weighted by Gasteiger charge is -2.33. The van der Waals surface area contributed by atoms with Crippen molar-refractivity contribution in [2.75, 3.05) is 11.9 Å². The van der Waals surface area contributed by atoms with Crippen LogP contribution in [-0.4, -0.2) is 34.4 Å². The molecule has 1 N–H and O–H groups in total. The number of alkyl halides is 1. The molecule has 3 rings (SSSR count). The van der Waals surface area contributed by atoms with Crippen molar-refractivity contribution in [2.45, 2.75) is 36.7 Å². The topological polar surface area (TPSA) is 76.4 Å². The molecule has 6 nitrogen and oxygen atoms in total. The summed E-state index contributed by atoms with van der Waals surface area (Å²) in [6.45, 7) is 3.47.